The van der Waals surface area contributed by atoms with Gasteiger partial charge in [0.15, 0.2) is 0 Å². The molecule has 3 rings (SSSR count). The molecule has 0 aromatic heterocycles. The molecule has 1 aliphatic rings. The van der Waals surface area contributed by atoms with Gasteiger partial charge in [-0.2, -0.15) is 0 Å². The van der Waals surface area contributed by atoms with Crippen molar-refractivity contribution in [3.05, 3.63) is 70.5 Å². The molecule has 0 radical (unpaired) electrons. The van der Waals surface area contributed by atoms with Crippen LogP contribution in [-0.2, 0) is 4.79 Å². The minimum Gasteiger partial charge on any atom is -0.354 e. The SMILES string of the molecule is O=C(NCCNC(=O)C1CC1c1ccccc1F)c1ccc(Cl)cc1. The van der Waals surface area contributed by atoms with Gasteiger partial charge in [-0.3, -0.25) is 9.59 Å². The largest absolute Gasteiger partial charge is 0.354 e. The van der Waals surface area contributed by atoms with Crippen molar-refractivity contribution in [1.29, 1.82) is 0 Å². The number of benzene rings is 2. The van der Waals surface area contributed by atoms with E-state index in [2.05, 4.69) is 10.6 Å². The molecular weight excluding hydrogens is 343 g/mol. The van der Waals surface area contributed by atoms with Crippen LogP contribution < -0.4 is 10.6 Å². The molecule has 4 nitrogen and oxygen atoms in total. The van der Waals surface area contributed by atoms with Crippen molar-refractivity contribution in [2.24, 2.45) is 5.92 Å². The first-order valence-corrected chi connectivity index (χ1v) is 8.50. The lowest BCUT2D eigenvalue weighted by molar-refractivity contribution is -0.122. The Morgan fingerprint density at radius 2 is 1.72 bits per heavy atom. The second-order valence-corrected chi connectivity index (χ2v) is 6.46. The average molecular weight is 361 g/mol. The summed E-state index contributed by atoms with van der Waals surface area (Å²) in [7, 11) is 0. The zero-order valence-electron chi connectivity index (χ0n) is 13.5. The maximum Gasteiger partial charge on any atom is 0.251 e. The predicted octanol–water partition coefficient (Wildman–Crippen LogP) is 3.13. The van der Waals surface area contributed by atoms with Crippen molar-refractivity contribution in [2.45, 2.75) is 12.3 Å². The van der Waals surface area contributed by atoms with Crippen LogP contribution in [0.2, 0.25) is 5.02 Å². The molecule has 0 aliphatic heterocycles. The van der Waals surface area contributed by atoms with Gasteiger partial charge >= 0.3 is 0 Å². The van der Waals surface area contributed by atoms with E-state index in [9.17, 15) is 14.0 Å². The number of halogens is 2. The number of hydrogen-bond acceptors (Lipinski definition) is 2. The summed E-state index contributed by atoms with van der Waals surface area (Å²) in [4.78, 5) is 24.0. The van der Waals surface area contributed by atoms with Crippen molar-refractivity contribution >= 4 is 23.4 Å². The summed E-state index contributed by atoms with van der Waals surface area (Å²) in [6.07, 6.45) is 0.657. The van der Waals surface area contributed by atoms with Crippen LogP contribution in [-0.4, -0.2) is 24.9 Å². The summed E-state index contributed by atoms with van der Waals surface area (Å²) in [5.74, 6) is -0.831. The number of carbonyl (C=O) groups excluding carboxylic acids is 2. The third kappa shape index (κ3) is 4.37. The molecule has 0 spiro atoms. The van der Waals surface area contributed by atoms with Gasteiger partial charge in [0, 0.05) is 29.6 Å². The molecular formula is C19H18ClFN2O2. The van der Waals surface area contributed by atoms with E-state index in [-0.39, 0.29) is 29.5 Å². The first-order chi connectivity index (χ1) is 12.1. The van der Waals surface area contributed by atoms with Gasteiger partial charge in [0.1, 0.15) is 5.82 Å². The fourth-order valence-electron chi connectivity index (χ4n) is 2.80. The maximum atomic E-state index is 13.7. The lowest BCUT2D eigenvalue weighted by Crippen LogP contribution is -2.35. The molecule has 2 atom stereocenters. The molecule has 1 saturated carbocycles. The number of hydrogen-bond donors (Lipinski definition) is 2. The van der Waals surface area contributed by atoms with Crippen LogP contribution in [0.25, 0.3) is 0 Å². The Morgan fingerprint density at radius 1 is 1.04 bits per heavy atom. The Hall–Kier alpha value is -2.40. The molecule has 2 aromatic rings. The highest BCUT2D eigenvalue weighted by Crippen LogP contribution is 2.48. The summed E-state index contributed by atoms with van der Waals surface area (Å²) in [5, 5.41) is 6.08. The van der Waals surface area contributed by atoms with Crippen LogP contribution >= 0.6 is 11.6 Å². The lowest BCUT2D eigenvalue weighted by atomic mass is 10.1. The van der Waals surface area contributed by atoms with Crippen LogP contribution in [0.4, 0.5) is 4.39 Å². The summed E-state index contributed by atoms with van der Waals surface area (Å²) < 4.78 is 13.7. The second kappa shape index (κ2) is 7.66. The lowest BCUT2D eigenvalue weighted by Gasteiger charge is -2.07. The van der Waals surface area contributed by atoms with Gasteiger partial charge < -0.3 is 10.6 Å². The van der Waals surface area contributed by atoms with Gasteiger partial charge in [-0.25, -0.2) is 4.39 Å². The Kier molecular flexibility index (Phi) is 5.34. The number of nitrogens with one attached hydrogen (secondary N) is 2. The summed E-state index contributed by atoms with van der Waals surface area (Å²) in [6.45, 7) is 0.656. The van der Waals surface area contributed by atoms with E-state index in [0.29, 0.717) is 35.7 Å². The fourth-order valence-corrected chi connectivity index (χ4v) is 2.93. The third-order valence-electron chi connectivity index (χ3n) is 4.25. The van der Waals surface area contributed by atoms with E-state index < -0.39 is 0 Å². The number of rotatable bonds is 6. The Labute approximate surface area is 150 Å². The first kappa shape index (κ1) is 17.4. The molecule has 0 heterocycles. The predicted molar refractivity (Wildman–Crippen MR) is 94.0 cm³/mol. The Bertz CT molecular complexity index is 779. The average Bonchev–Trinajstić information content (AvgIpc) is 3.40. The number of amides is 2. The molecule has 6 heteroatoms. The molecule has 130 valence electrons. The third-order valence-corrected chi connectivity index (χ3v) is 4.50. The molecule has 25 heavy (non-hydrogen) atoms. The van der Waals surface area contributed by atoms with Gasteiger partial charge in [0.05, 0.1) is 0 Å². The van der Waals surface area contributed by atoms with Crippen molar-refractivity contribution < 1.29 is 14.0 Å². The van der Waals surface area contributed by atoms with E-state index in [1.54, 1.807) is 42.5 Å². The molecule has 0 saturated heterocycles. The molecule has 2 aromatic carbocycles. The zero-order valence-corrected chi connectivity index (χ0v) is 14.2. The standard InChI is InChI=1S/C19H18ClFN2O2/c20-13-7-5-12(6-8-13)18(24)22-9-10-23-19(25)16-11-15(16)14-3-1-2-4-17(14)21/h1-8,15-16H,9-11H2,(H,22,24)(H,23,25). The van der Waals surface area contributed by atoms with Gasteiger partial charge in [-0.1, -0.05) is 29.8 Å². The van der Waals surface area contributed by atoms with Crippen molar-refractivity contribution in [3.8, 4) is 0 Å². The highest BCUT2D eigenvalue weighted by atomic mass is 35.5. The second-order valence-electron chi connectivity index (χ2n) is 6.02. The molecule has 2 amide bonds. The number of carbonyl (C=O) groups is 2. The van der Waals surface area contributed by atoms with Gasteiger partial charge in [-0.15, -0.1) is 0 Å². The summed E-state index contributed by atoms with van der Waals surface area (Å²) in [6, 6.07) is 13.1. The minimum atomic E-state index is -0.266. The topological polar surface area (TPSA) is 58.2 Å². The highest BCUT2D eigenvalue weighted by molar-refractivity contribution is 6.30. The smallest absolute Gasteiger partial charge is 0.251 e. The van der Waals surface area contributed by atoms with E-state index in [1.165, 1.54) is 6.07 Å². The van der Waals surface area contributed by atoms with E-state index >= 15 is 0 Å². The van der Waals surface area contributed by atoms with E-state index in [1.807, 2.05) is 0 Å². The van der Waals surface area contributed by atoms with Gasteiger partial charge in [-0.05, 0) is 48.2 Å². The summed E-state index contributed by atoms with van der Waals surface area (Å²) in [5.41, 5.74) is 1.11. The molecule has 2 unspecified atom stereocenters. The van der Waals surface area contributed by atoms with E-state index in [0.717, 1.165) is 0 Å². The Balaban J connectivity index is 1.40. The summed E-state index contributed by atoms with van der Waals surface area (Å²) >= 11 is 5.78. The fraction of sp³-hybridized carbons (Fsp3) is 0.263. The zero-order chi connectivity index (χ0) is 17.8. The first-order valence-electron chi connectivity index (χ1n) is 8.12. The van der Waals surface area contributed by atoms with Crippen molar-refractivity contribution in [3.63, 3.8) is 0 Å². The van der Waals surface area contributed by atoms with Gasteiger partial charge in [0.2, 0.25) is 5.91 Å². The van der Waals surface area contributed by atoms with Crippen LogP contribution in [0.3, 0.4) is 0 Å². The molecule has 0 bridgehead atoms. The van der Waals surface area contributed by atoms with Crippen LogP contribution in [0.1, 0.15) is 28.3 Å². The van der Waals surface area contributed by atoms with Crippen molar-refractivity contribution in [2.75, 3.05) is 13.1 Å². The molecule has 2 N–H and O–H groups in total. The van der Waals surface area contributed by atoms with Gasteiger partial charge in [0.25, 0.3) is 5.91 Å². The molecule has 1 aliphatic carbocycles. The van der Waals surface area contributed by atoms with Crippen LogP contribution in [0.5, 0.6) is 0 Å². The Morgan fingerprint density at radius 3 is 2.44 bits per heavy atom. The van der Waals surface area contributed by atoms with Crippen LogP contribution in [0, 0.1) is 11.7 Å². The monoisotopic (exact) mass is 360 g/mol. The van der Waals surface area contributed by atoms with Crippen LogP contribution in [0.15, 0.2) is 48.5 Å². The highest BCUT2D eigenvalue weighted by Gasteiger charge is 2.44. The minimum absolute atomic E-state index is 0.0511. The maximum absolute atomic E-state index is 13.7. The van der Waals surface area contributed by atoms with E-state index in [4.69, 9.17) is 11.6 Å². The quantitative estimate of drug-likeness (QED) is 0.777. The molecule has 1 fully saturated rings. The van der Waals surface area contributed by atoms with Crippen molar-refractivity contribution in [1.82, 2.24) is 10.6 Å². The normalized spacial score (nSPS) is 18.5.